The van der Waals surface area contributed by atoms with Crippen LogP contribution in [0, 0.1) is 0 Å². The van der Waals surface area contributed by atoms with Gasteiger partial charge in [0.05, 0.1) is 0 Å². The van der Waals surface area contributed by atoms with Crippen LogP contribution in [-0.2, 0) is 6.54 Å². The Morgan fingerprint density at radius 1 is 1.11 bits per heavy atom. The number of phenols is 1. The molecule has 0 spiro atoms. The lowest BCUT2D eigenvalue weighted by molar-refractivity contribution is 0.481. The molecule has 3 aromatic rings. The van der Waals surface area contributed by atoms with Gasteiger partial charge < -0.3 is 10.4 Å². The van der Waals surface area contributed by atoms with Crippen LogP contribution in [-0.4, -0.2) is 5.11 Å². The lowest BCUT2D eigenvalue weighted by atomic mass is 10.1. The molecule has 0 unspecified atom stereocenters. The van der Waals surface area contributed by atoms with Gasteiger partial charge in [-0.15, -0.1) is 11.3 Å². The first-order valence-electron chi connectivity index (χ1n) is 5.91. The normalized spacial score (nSPS) is 10.8. The van der Waals surface area contributed by atoms with Crippen LogP contribution in [0.25, 0.3) is 10.8 Å². The first-order chi connectivity index (χ1) is 9.24. The van der Waals surface area contributed by atoms with E-state index in [9.17, 15) is 5.11 Å². The number of nitrogens with one attached hydrogen (secondary N) is 1. The molecule has 0 aliphatic rings. The van der Waals surface area contributed by atoms with Crippen LogP contribution in [0.1, 0.15) is 4.88 Å². The van der Waals surface area contributed by atoms with Crippen molar-refractivity contribution in [2.45, 2.75) is 6.54 Å². The van der Waals surface area contributed by atoms with Gasteiger partial charge in [0.15, 0.2) is 0 Å². The fraction of sp³-hybridized carbons (Fsp3) is 0.0667. The van der Waals surface area contributed by atoms with Gasteiger partial charge in [0.25, 0.3) is 0 Å². The zero-order valence-electron chi connectivity index (χ0n) is 10.1. The summed E-state index contributed by atoms with van der Waals surface area (Å²) in [5.74, 6) is 0.319. The summed E-state index contributed by atoms with van der Waals surface area (Å²) < 4.78 is 1.12. The quantitative estimate of drug-likeness (QED) is 0.708. The van der Waals surface area contributed by atoms with Crippen molar-refractivity contribution >= 4 is 43.7 Å². The number of hydrogen-bond donors (Lipinski definition) is 2. The van der Waals surface area contributed by atoms with Crippen LogP contribution in [0.2, 0.25) is 0 Å². The Balaban J connectivity index is 1.91. The largest absolute Gasteiger partial charge is 0.507 e. The highest BCUT2D eigenvalue weighted by Crippen LogP contribution is 2.30. The first-order valence-corrected chi connectivity index (χ1v) is 7.59. The van der Waals surface area contributed by atoms with Crippen molar-refractivity contribution in [2.24, 2.45) is 0 Å². The van der Waals surface area contributed by atoms with Crippen molar-refractivity contribution < 1.29 is 5.11 Å². The number of rotatable bonds is 3. The summed E-state index contributed by atoms with van der Waals surface area (Å²) in [5.41, 5.74) is 1.04. The minimum absolute atomic E-state index is 0.319. The number of fused-ring (bicyclic) bond motifs is 1. The van der Waals surface area contributed by atoms with Crippen molar-refractivity contribution in [3.63, 3.8) is 0 Å². The van der Waals surface area contributed by atoms with Crippen molar-refractivity contribution in [1.29, 1.82) is 0 Å². The van der Waals surface area contributed by atoms with E-state index in [-0.39, 0.29) is 0 Å². The van der Waals surface area contributed by atoms with Gasteiger partial charge in [-0.05, 0) is 34.1 Å². The molecule has 0 radical (unpaired) electrons. The maximum atomic E-state index is 9.85. The highest BCUT2D eigenvalue weighted by atomic mass is 79.9. The van der Waals surface area contributed by atoms with Gasteiger partial charge in [0, 0.05) is 37.7 Å². The topological polar surface area (TPSA) is 32.3 Å². The standard InChI is InChI=1S/C15H12BrNOS/c16-10-7-11(19-9-10)8-17-14-5-1-4-13-12(14)3-2-6-15(13)18/h1-7,9,17-18H,8H2. The Hall–Kier alpha value is -1.52. The van der Waals surface area contributed by atoms with Crippen molar-refractivity contribution in [1.82, 2.24) is 0 Å². The Morgan fingerprint density at radius 3 is 2.68 bits per heavy atom. The summed E-state index contributed by atoms with van der Waals surface area (Å²) in [6.07, 6.45) is 0. The molecular weight excluding hydrogens is 322 g/mol. The van der Waals surface area contributed by atoms with E-state index in [1.807, 2.05) is 30.3 Å². The molecule has 0 aliphatic heterocycles. The number of thiophene rings is 1. The highest BCUT2D eigenvalue weighted by molar-refractivity contribution is 9.10. The minimum atomic E-state index is 0.319. The molecular formula is C15H12BrNOS. The van der Waals surface area contributed by atoms with Crippen LogP contribution in [0.15, 0.2) is 52.3 Å². The molecule has 2 aromatic carbocycles. The van der Waals surface area contributed by atoms with E-state index in [1.54, 1.807) is 17.4 Å². The molecule has 96 valence electrons. The Morgan fingerprint density at radius 2 is 1.89 bits per heavy atom. The van der Waals surface area contributed by atoms with E-state index in [0.29, 0.717) is 5.75 Å². The third kappa shape index (κ3) is 2.60. The van der Waals surface area contributed by atoms with Crippen LogP contribution in [0.3, 0.4) is 0 Å². The average Bonchev–Trinajstić information content (AvgIpc) is 2.83. The molecule has 4 heteroatoms. The molecule has 19 heavy (non-hydrogen) atoms. The summed E-state index contributed by atoms with van der Waals surface area (Å²) in [6.45, 7) is 0.783. The molecule has 2 N–H and O–H groups in total. The molecule has 3 rings (SSSR count). The van der Waals surface area contributed by atoms with Gasteiger partial charge >= 0.3 is 0 Å². The predicted molar refractivity (Wildman–Crippen MR) is 85.0 cm³/mol. The zero-order chi connectivity index (χ0) is 13.2. The Labute approximate surface area is 123 Å². The van der Waals surface area contributed by atoms with Gasteiger partial charge in [-0.1, -0.05) is 24.3 Å². The second-order valence-electron chi connectivity index (χ2n) is 4.26. The summed E-state index contributed by atoms with van der Waals surface area (Å²) in [4.78, 5) is 1.27. The number of phenolic OH excluding ortho intramolecular Hbond substituents is 1. The highest BCUT2D eigenvalue weighted by Gasteiger charge is 2.04. The SMILES string of the molecule is Oc1cccc2c(NCc3cc(Br)cs3)cccc12. The van der Waals surface area contributed by atoms with Crippen LogP contribution in [0.5, 0.6) is 5.75 Å². The predicted octanol–water partition coefficient (Wildman–Crippen LogP) is 4.98. The molecule has 0 bridgehead atoms. The molecule has 0 saturated heterocycles. The number of aromatic hydroxyl groups is 1. The summed E-state index contributed by atoms with van der Waals surface area (Å²) in [6, 6.07) is 13.6. The molecule has 0 fully saturated rings. The second kappa shape index (κ2) is 5.23. The maximum absolute atomic E-state index is 9.85. The molecule has 0 aliphatic carbocycles. The van der Waals surface area contributed by atoms with Gasteiger partial charge in [-0.25, -0.2) is 0 Å². The fourth-order valence-electron chi connectivity index (χ4n) is 2.08. The van der Waals surface area contributed by atoms with E-state index in [0.717, 1.165) is 27.5 Å². The van der Waals surface area contributed by atoms with Gasteiger partial charge in [-0.2, -0.15) is 0 Å². The molecule has 2 nitrogen and oxygen atoms in total. The van der Waals surface area contributed by atoms with E-state index in [2.05, 4.69) is 32.7 Å². The molecule has 0 atom stereocenters. The smallest absolute Gasteiger partial charge is 0.123 e. The second-order valence-corrected chi connectivity index (χ2v) is 6.17. The van der Waals surface area contributed by atoms with Crippen molar-refractivity contribution in [3.8, 4) is 5.75 Å². The Bertz CT molecular complexity index is 723. The van der Waals surface area contributed by atoms with Crippen molar-refractivity contribution in [2.75, 3.05) is 5.32 Å². The first kappa shape index (κ1) is 12.5. The number of benzene rings is 2. The number of anilines is 1. The molecule has 1 heterocycles. The van der Waals surface area contributed by atoms with E-state index in [1.165, 1.54) is 4.88 Å². The lowest BCUT2D eigenvalue weighted by Crippen LogP contribution is -1.97. The molecule has 0 amide bonds. The average molecular weight is 334 g/mol. The third-order valence-corrected chi connectivity index (χ3v) is 4.67. The van der Waals surface area contributed by atoms with Gasteiger partial charge in [-0.3, -0.25) is 0 Å². The Kier molecular flexibility index (Phi) is 3.44. The summed E-state index contributed by atoms with van der Waals surface area (Å²) >= 11 is 5.18. The van der Waals surface area contributed by atoms with Crippen LogP contribution in [0.4, 0.5) is 5.69 Å². The molecule has 0 saturated carbocycles. The van der Waals surface area contributed by atoms with E-state index >= 15 is 0 Å². The third-order valence-electron chi connectivity index (χ3n) is 2.97. The summed E-state index contributed by atoms with van der Waals surface area (Å²) in [7, 11) is 0. The van der Waals surface area contributed by atoms with E-state index < -0.39 is 0 Å². The van der Waals surface area contributed by atoms with Crippen molar-refractivity contribution in [3.05, 3.63) is 57.2 Å². The fourth-order valence-corrected chi connectivity index (χ4v) is 3.47. The van der Waals surface area contributed by atoms with E-state index in [4.69, 9.17) is 0 Å². The summed E-state index contributed by atoms with van der Waals surface area (Å²) in [5, 5.41) is 17.3. The lowest BCUT2D eigenvalue weighted by Gasteiger charge is -2.09. The van der Waals surface area contributed by atoms with Crippen LogP contribution >= 0.6 is 27.3 Å². The minimum Gasteiger partial charge on any atom is -0.507 e. The maximum Gasteiger partial charge on any atom is 0.123 e. The van der Waals surface area contributed by atoms with Crippen LogP contribution < -0.4 is 5.32 Å². The number of halogens is 1. The molecule has 1 aromatic heterocycles. The van der Waals surface area contributed by atoms with Gasteiger partial charge in [0.1, 0.15) is 5.75 Å². The van der Waals surface area contributed by atoms with Gasteiger partial charge in [0.2, 0.25) is 0 Å². The zero-order valence-corrected chi connectivity index (χ0v) is 12.5. The monoisotopic (exact) mass is 333 g/mol. The number of hydrogen-bond acceptors (Lipinski definition) is 3.